The number of amides is 3. The van der Waals surface area contributed by atoms with Crippen molar-refractivity contribution >= 4 is 29.3 Å². The molecule has 0 atom stereocenters. The molecular formula is C22H23N3O6. The first-order valence-electron chi connectivity index (χ1n) is 10.1. The number of urea groups is 1. The molecule has 162 valence electrons. The fraction of sp³-hybridized carbons (Fsp3) is 0.318. The first kappa shape index (κ1) is 20.5. The topological polar surface area (TPSA) is 106 Å². The molecule has 2 N–H and O–H groups in total. The summed E-state index contributed by atoms with van der Waals surface area (Å²) in [6, 6.07) is 14.0. The second kappa shape index (κ2) is 9.38. The van der Waals surface area contributed by atoms with Gasteiger partial charge in [-0.15, -0.1) is 0 Å². The van der Waals surface area contributed by atoms with E-state index >= 15 is 0 Å². The lowest BCUT2D eigenvalue weighted by Crippen LogP contribution is -2.43. The summed E-state index contributed by atoms with van der Waals surface area (Å²) in [5, 5.41) is 5.50. The molecule has 2 aliphatic rings. The van der Waals surface area contributed by atoms with E-state index in [-0.39, 0.29) is 25.3 Å². The Morgan fingerprint density at radius 2 is 1.68 bits per heavy atom. The van der Waals surface area contributed by atoms with Crippen molar-refractivity contribution < 1.29 is 28.6 Å². The monoisotopic (exact) mass is 425 g/mol. The number of hydrogen-bond donors (Lipinski definition) is 2. The van der Waals surface area contributed by atoms with Gasteiger partial charge in [-0.2, -0.15) is 0 Å². The van der Waals surface area contributed by atoms with E-state index in [9.17, 15) is 14.4 Å². The number of para-hydroxylation sites is 1. The van der Waals surface area contributed by atoms with Crippen LogP contribution in [0.5, 0.6) is 11.5 Å². The summed E-state index contributed by atoms with van der Waals surface area (Å²) in [6.07, 6.45) is 0.982. The zero-order valence-corrected chi connectivity index (χ0v) is 16.8. The van der Waals surface area contributed by atoms with Crippen molar-refractivity contribution in [1.82, 2.24) is 4.90 Å². The molecule has 9 heteroatoms. The molecule has 1 fully saturated rings. The lowest BCUT2D eigenvalue weighted by Gasteiger charge is -2.30. The van der Waals surface area contributed by atoms with Crippen molar-refractivity contribution in [3.63, 3.8) is 0 Å². The molecule has 4 rings (SSSR count). The summed E-state index contributed by atoms with van der Waals surface area (Å²) in [6.45, 7) is 0.669. The molecule has 2 aromatic carbocycles. The summed E-state index contributed by atoms with van der Waals surface area (Å²) in [7, 11) is 0. The number of ether oxygens (including phenoxy) is 3. The van der Waals surface area contributed by atoms with Gasteiger partial charge in [0.25, 0.3) is 5.91 Å². The first-order chi connectivity index (χ1) is 15.1. The van der Waals surface area contributed by atoms with Crippen molar-refractivity contribution in [3.05, 3.63) is 48.5 Å². The molecule has 2 aliphatic heterocycles. The molecular weight excluding hydrogens is 402 g/mol. The van der Waals surface area contributed by atoms with Crippen LogP contribution in [-0.2, 0) is 14.3 Å². The number of likely N-dealkylation sites (tertiary alicyclic amines) is 1. The van der Waals surface area contributed by atoms with E-state index in [4.69, 9.17) is 14.2 Å². The number of carbonyl (C=O) groups is 3. The van der Waals surface area contributed by atoms with Crippen LogP contribution in [0.25, 0.3) is 0 Å². The smallest absolute Gasteiger partial charge is 0.321 e. The summed E-state index contributed by atoms with van der Waals surface area (Å²) in [5.74, 6) is -0.0268. The first-order valence-corrected chi connectivity index (χ1v) is 10.1. The van der Waals surface area contributed by atoms with Crippen LogP contribution >= 0.6 is 0 Å². The van der Waals surface area contributed by atoms with Gasteiger partial charge < -0.3 is 29.7 Å². The predicted molar refractivity (Wildman–Crippen MR) is 112 cm³/mol. The number of carbonyl (C=O) groups excluding carboxylic acids is 3. The highest BCUT2D eigenvalue weighted by molar-refractivity contribution is 5.93. The van der Waals surface area contributed by atoms with E-state index < -0.39 is 11.9 Å². The number of anilines is 2. The van der Waals surface area contributed by atoms with E-state index in [0.717, 1.165) is 5.69 Å². The van der Waals surface area contributed by atoms with Crippen molar-refractivity contribution in [2.45, 2.75) is 12.8 Å². The number of nitrogens with zero attached hydrogens (tertiary/aromatic N) is 1. The third-order valence-corrected chi connectivity index (χ3v) is 5.14. The van der Waals surface area contributed by atoms with Crippen LogP contribution < -0.4 is 20.1 Å². The summed E-state index contributed by atoms with van der Waals surface area (Å²) in [4.78, 5) is 38.4. The van der Waals surface area contributed by atoms with Gasteiger partial charge in [0, 0.05) is 30.5 Å². The van der Waals surface area contributed by atoms with E-state index in [1.165, 1.54) is 0 Å². The van der Waals surface area contributed by atoms with Crippen molar-refractivity contribution in [2.75, 3.05) is 37.1 Å². The van der Waals surface area contributed by atoms with Gasteiger partial charge in [0.1, 0.15) is 0 Å². The summed E-state index contributed by atoms with van der Waals surface area (Å²) < 4.78 is 15.7. The van der Waals surface area contributed by atoms with Crippen LogP contribution in [0.15, 0.2) is 48.5 Å². The minimum absolute atomic E-state index is 0.150. The third kappa shape index (κ3) is 5.25. The van der Waals surface area contributed by atoms with Gasteiger partial charge >= 0.3 is 12.0 Å². The quantitative estimate of drug-likeness (QED) is 0.714. The van der Waals surface area contributed by atoms with Gasteiger partial charge in [-0.3, -0.25) is 9.59 Å². The third-order valence-electron chi connectivity index (χ3n) is 5.14. The zero-order chi connectivity index (χ0) is 21.6. The summed E-state index contributed by atoms with van der Waals surface area (Å²) >= 11 is 0. The van der Waals surface area contributed by atoms with Crippen LogP contribution in [0.4, 0.5) is 16.2 Å². The second-order valence-corrected chi connectivity index (χ2v) is 7.28. The van der Waals surface area contributed by atoms with Crippen molar-refractivity contribution in [1.29, 1.82) is 0 Å². The van der Waals surface area contributed by atoms with Crippen LogP contribution in [0.3, 0.4) is 0 Å². The number of fused-ring (bicyclic) bond motifs is 1. The predicted octanol–water partition coefficient (Wildman–Crippen LogP) is 2.84. The Labute approximate surface area is 179 Å². The minimum Gasteiger partial charge on any atom is -0.455 e. The number of nitrogens with one attached hydrogen (secondary N) is 2. The Morgan fingerprint density at radius 1 is 0.935 bits per heavy atom. The lowest BCUT2D eigenvalue weighted by atomic mass is 9.97. The largest absolute Gasteiger partial charge is 0.455 e. The molecule has 0 bridgehead atoms. The van der Waals surface area contributed by atoms with Gasteiger partial charge in [0.05, 0.1) is 5.92 Å². The average Bonchev–Trinajstić information content (AvgIpc) is 3.26. The lowest BCUT2D eigenvalue weighted by molar-refractivity contribution is -0.152. The molecule has 1 saturated heterocycles. The maximum Gasteiger partial charge on any atom is 0.321 e. The molecule has 0 aliphatic carbocycles. The van der Waals surface area contributed by atoms with Gasteiger partial charge in [-0.05, 0) is 37.1 Å². The normalized spacial score (nSPS) is 15.3. The molecule has 2 aromatic rings. The van der Waals surface area contributed by atoms with Crippen LogP contribution in [-0.4, -0.2) is 49.3 Å². The molecule has 0 unspecified atom stereocenters. The van der Waals surface area contributed by atoms with Gasteiger partial charge in [-0.25, -0.2) is 4.79 Å². The Balaban J connectivity index is 1.18. The molecule has 0 spiro atoms. The number of benzene rings is 2. The second-order valence-electron chi connectivity index (χ2n) is 7.28. The number of esters is 1. The SMILES string of the molecule is O=C(COC(=O)C1CCN(C(=O)Nc2ccccc2)CC1)Nc1ccc2c(c1)OCO2. The van der Waals surface area contributed by atoms with Crippen LogP contribution in [0, 0.1) is 5.92 Å². The Kier molecular flexibility index (Phi) is 6.21. The molecule has 31 heavy (non-hydrogen) atoms. The van der Waals surface area contributed by atoms with Crippen molar-refractivity contribution in [2.24, 2.45) is 5.92 Å². The molecule has 0 radical (unpaired) electrons. The van der Waals surface area contributed by atoms with E-state index in [2.05, 4.69) is 10.6 Å². The number of hydrogen-bond acceptors (Lipinski definition) is 6. The molecule has 3 amide bonds. The molecule has 9 nitrogen and oxygen atoms in total. The fourth-order valence-electron chi connectivity index (χ4n) is 3.47. The Bertz CT molecular complexity index is 957. The maximum absolute atomic E-state index is 12.3. The minimum atomic E-state index is -0.438. The highest BCUT2D eigenvalue weighted by atomic mass is 16.7. The number of piperidine rings is 1. The van der Waals surface area contributed by atoms with Gasteiger partial charge in [-0.1, -0.05) is 18.2 Å². The van der Waals surface area contributed by atoms with E-state index in [0.29, 0.717) is 43.1 Å². The van der Waals surface area contributed by atoms with E-state index in [1.54, 1.807) is 23.1 Å². The standard InChI is InChI=1S/C22H23N3O6/c26-20(23-17-6-7-18-19(12-17)31-14-30-18)13-29-21(27)15-8-10-25(11-9-15)22(28)24-16-4-2-1-3-5-16/h1-7,12,15H,8-11,13-14H2,(H,23,26)(H,24,28). The van der Waals surface area contributed by atoms with Crippen LogP contribution in [0.1, 0.15) is 12.8 Å². The van der Waals surface area contributed by atoms with Crippen LogP contribution in [0.2, 0.25) is 0 Å². The van der Waals surface area contributed by atoms with E-state index in [1.807, 2.05) is 30.3 Å². The zero-order valence-electron chi connectivity index (χ0n) is 16.8. The molecule has 0 aromatic heterocycles. The van der Waals surface area contributed by atoms with Crippen molar-refractivity contribution in [3.8, 4) is 11.5 Å². The average molecular weight is 425 g/mol. The highest BCUT2D eigenvalue weighted by Gasteiger charge is 2.29. The van der Waals surface area contributed by atoms with Gasteiger partial charge in [0.2, 0.25) is 6.79 Å². The summed E-state index contributed by atoms with van der Waals surface area (Å²) in [5.41, 5.74) is 1.26. The number of rotatable bonds is 5. The maximum atomic E-state index is 12.3. The fourth-order valence-corrected chi connectivity index (χ4v) is 3.47. The Hall–Kier alpha value is -3.75. The molecule has 2 heterocycles. The Morgan fingerprint density at radius 3 is 2.45 bits per heavy atom. The highest BCUT2D eigenvalue weighted by Crippen LogP contribution is 2.34. The van der Waals surface area contributed by atoms with Gasteiger partial charge in [0.15, 0.2) is 18.1 Å². The molecule has 0 saturated carbocycles.